The second kappa shape index (κ2) is 19.0. The normalized spacial score (nSPS) is 23.1. The highest BCUT2D eigenvalue weighted by atomic mass is 16.5. The highest BCUT2D eigenvalue weighted by Gasteiger charge is 2.25. The first kappa shape index (κ1) is 34.1. The summed E-state index contributed by atoms with van der Waals surface area (Å²) in [5.74, 6) is 2.78. The number of aliphatic hydroxyl groups excluding tert-OH is 1. The molecular weight excluding hydrogens is 516 g/mol. The molecule has 4 rings (SSSR count). The molecule has 2 saturated carbocycles. The Morgan fingerprint density at radius 1 is 0.833 bits per heavy atom. The lowest BCUT2D eigenvalue weighted by atomic mass is 9.76. The maximum atomic E-state index is 10.5. The van der Waals surface area contributed by atoms with Crippen molar-refractivity contribution < 1.29 is 14.6 Å². The van der Waals surface area contributed by atoms with Crippen LogP contribution in [0.5, 0.6) is 0 Å². The lowest BCUT2D eigenvalue weighted by Gasteiger charge is -2.29. The van der Waals surface area contributed by atoms with E-state index in [2.05, 4.69) is 62.0 Å². The number of carbonyl (C=O) groups excluding carboxylic acids is 1. The van der Waals surface area contributed by atoms with E-state index < -0.39 is 0 Å². The molecule has 3 unspecified atom stereocenters. The summed E-state index contributed by atoms with van der Waals surface area (Å²) >= 11 is 0. The van der Waals surface area contributed by atoms with Crippen molar-refractivity contribution in [2.45, 2.75) is 128 Å². The molecule has 2 aromatic carbocycles. The fourth-order valence-corrected chi connectivity index (χ4v) is 7.13. The van der Waals surface area contributed by atoms with Gasteiger partial charge in [-0.05, 0) is 124 Å². The predicted molar refractivity (Wildman–Crippen MR) is 177 cm³/mol. The summed E-state index contributed by atoms with van der Waals surface area (Å²) in [5.41, 5.74) is 7.25. The number of benzene rings is 2. The maximum absolute atomic E-state index is 10.5. The van der Waals surface area contributed by atoms with E-state index >= 15 is 0 Å². The van der Waals surface area contributed by atoms with Gasteiger partial charge >= 0.3 is 0 Å². The topological polar surface area (TPSA) is 46.5 Å². The number of unbranched alkanes of at least 4 members (excludes halogenated alkanes) is 2. The smallest absolute Gasteiger partial charge is 0.293 e. The quantitative estimate of drug-likeness (QED) is 0.112. The standard InChI is InChI=1S/C35H50O3.C4H8/c1-2-3-4-6-27-9-12-31(13-10-27)33-19-21-35(22-20-33)34-17-15-32(16-18-34)30-8-5-7-28(11-14-30)23-29(24-36)25-38-26-37;1-4(2)3/h9-10,12-13,15-18,26,28-30,33,35-36H,2-8,11,14,19-25H2,1H3;1H2,2-3H3. The van der Waals surface area contributed by atoms with E-state index in [4.69, 9.17) is 4.74 Å². The Labute approximate surface area is 257 Å². The van der Waals surface area contributed by atoms with Crippen LogP contribution in [0.1, 0.15) is 144 Å². The minimum Gasteiger partial charge on any atom is -0.468 e. The average Bonchev–Trinajstić information content (AvgIpc) is 3.25. The van der Waals surface area contributed by atoms with Crippen LogP contribution in [0.4, 0.5) is 0 Å². The number of carbonyl (C=O) groups is 1. The largest absolute Gasteiger partial charge is 0.468 e. The first-order chi connectivity index (χ1) is 20.4. The summed E-state index contributed by atoms with van der Waals surface area (Å²) in [4.78, 5) is 10.5. The Morgan fingerprint density at radius 3 is 1.83 bits per heavy atom. The summed E-state index contributed by atoms with van der Waals surface area (Å²) in [6.45, 7) is 10.7. The van der Waals surface area contributed by atoms with Crippen molar-refractivity contribution in [2.75, 3.05) is 13.2 Å². The molecule has 2 fully saturated rings. The molecule has 232 valence electrons. The summed E-state index contributed by atoms with van der Waals surface area (Å²) in [6, 6.07) is 19.2. The minimum absolute atomic E-state index is 0.0750. The van der Waals surface area contributed by atoms with Gasteiger partial charge in [0, 0.05) is 12.5 Å². The van der Waals surface area contributed by atoms with E-state index in [9.17, 15) is 9.90 Å². The van der Waals surface area contributed by atoms with Crippen molar-refractivity contribution in [1.29, 1.82) is 0 Å². The van der Waals surface area contributed by atoms with Crippen molar-refractivity contribution >= 4 is 6.47 Å². The van der Waals surface area contributed by atoms with Crippen LogP contribution in [0.2, 0.25) is 0 Å². The van der Waals surface area contributed by atoms with E-state index in [1.165, 1.54) is 106 Å². The van der Waals surface area contributed by atoms with Gasteiger partial charge in [0.1, 0.15) is 0 Å². The first-order valence-corrected chi connectivity index (χ1v) is 16.9. The second-order valence-electron chi connectivity index (χ2n) is 13.4. The van der Waals surface area contributed by atoms with Crippen LogP contribution in [0.15, 0.2) is 60.7 Å². The molecule has 0 amide bonds. The SMILES string of the molecule is C=C(C)C.CCCCCc1ccc(C2CCC(c3ccc(C4CCCC(CC(CO)COC=O)CC4)cc3)CC2)cc1. The average molecular weight is 575 g/mol. The Hall–Kier alpha value is -2.39. The first-order valence-electron chi connectivity index (χ1n) is 16.9. The zero-order valence-electron chi connectivity index (χ0n) is 26.9. The third-order valence-electron chi connectivity index (χ3n) is 9.54. The molecule has 0 saturated heterocycles. The zero-order valence-corrected chi connectivity index (χ0v) is 26.9. The number of allylic oxidation sites excluding steroid dienone is 1. The molecule has 3 atom stereocenters. The lowest BCUT2D eigenvalue weighted by Crippen LogP contribution is -2.18. The van der Waals surface area contributed by atoms with Gasteiger partial charge in [0.15, 0.2) is 0 Å². The summed E-state index contributed by atoms with van der Waals surface area (Å²) in [7, 11) is 0. The highest BCUT2D eigenvalue weighted by molar-refractivity contribution is 5.36. The monoisotopic (exact) mass is 574 g/mol. The van der Waals surface area contributed by atoms with Gasteiger partial charge in [-0.1, -0.05) is 86.7 Å². The number of aliphatic hydroxyl groups is 1. The van der Waals surface area contributed by atoms with Crippen LogP contribution in [0, 0.1) is 11.8 Å². The molecule has 3 nitrogen and oxygen atoms in total. The molecule has 1 N–H and O–H groups in total. The molecule has 42 heavy (non-hydrogen) atoms. The van der Waals surface area contributed by atoms with Gasteiger partial charge in [-0.25, -0.2) is 0 Å². The van der Waals surface area contributed by atoms with E-state index in [0.29, 0.717) is 30.8 Å². The van der Waals surface area contributed by atoms with Crippen LogP contribution in [0.25, 0.3) is 0 Å². The van der Waals surface area contributed by atoms with Crippen molar-refractivity contribution in [2.24, 2.45) is 11.8 Å². The van der Waals surface area contributed by atoms with Gasteiger partial charge in [0.05, 0.1) is 6.61 Å². The highest BCUT2D eigenvalue weighted by Crippen LogP contribution is 2.42. The Balaban J connectivity index is 0.00000114. The molecule has 0 bridgehead atoms. The Morgan fingerprint density at radius 2 is 1.33 bits per heavy atom. The summed E-state index contributed by atoms with van der Waals surface area (Å²) < 4.78 is 4.92. The van der Waals surface area contributed by atoms with Crippen molar-refractivity contribution in [1.82, 2.24) is 0 Å². The number of hydrogen-bond donors (Lipinski definition) is 1. The van der Waals surface area contributed by atoms with E-state index in [1.54, 1.807) is 5.56 Å². The van der Waals surface area contributed by atoms with Crippen LogP contribution in [-0.2, 0) is 16.0 Å². The van der Waals surface area contributed by atoms with Crippen LogP contribution >= 0.6 is 0 Å². The van der Waals surface area contributed by atoms with Crippen LogP contribution in [-0.4, -0.2) is 24.8 Å². The molecule has 2 aromatic rings. The van der Waals surface area contributed by atoms with E-state index in [1.807, 2.05) is 13.8 Å². The molecule has 3 heteroatoms. The molecule has 0 radical (unpaired) electrons. The molecule has 2 aliphatic rings. The molecule has 2 aliphatic carbocycles. The number of ether oxygens (including phenoxy) is 1. The van der Waals surface area contributed by atoms with Gasteiger partial charge < -0.3 is 9.84 Å². The number of hydrogen-bond acceptors (Lipinski definition) is 3. The predicted octanol–water partition coefficient (Wildman–Crippen LogP) is 10.3. The van der Waals surface area contributed by atoms with Gasteiger partial charge in [0.25, 0.3) is 6.47 Å². The Kier molecular flexibility index (Phi) is 15.4. The molecule has 0 spiro atoms. The van der Waals surface area contributed by atoms with Crippen LogP contribution in [0.3, 0.4) is 0 Å². The second-order valence-corrected chi connectivity index (χ2v) is 13.4. The third kappa shape index (κ3) is 11.7. The third-order valence-corrected chi connectivity index (χ3v) is 9.54. The Bertz CT molecular complexity index is 1010. The van der Waals surface area contributed by atoms with Gasteiger partial charge in [0.2, 0.25) is 0 Å². The molecular formula is C39H58O3. The minimum atomic E-state index is 0.0750. The maximum Gasteiger partial charge on any atom is 0.293 e. The van der Waals surface area contributed by atoms with Gasteiger partial charge in [-0.15, -0.1) is 6.58 Å². The van der Waals surface area contributed by atoms with Gasteiger partial charge in [-0.3, -0.25) is 4.79 Å². The zero-order chi connectivity index (χ0) is 30.2. The fourth-order valence-electron chi connectivity index (χ4n) is 7.13. The van der Waals surface area contributed by atoms with E-state index in [0.717, 1.165) is 12.3 Å². The molecule has 0 aromatic heterocycles. The molecule has 0 heterocycles. The lowest BCUT2D eigenvalue weighted by molar-refractivity contribution is -0.130. The number of rotatable bonds is 13. The summed E-state index contributed by atoms with van der Waals surface area (Å²) in [6.07, 6.45) is 17.5. The van der Waals surface area contributed by atoms with Crippen molar-refractivity contribution in [3.05, 3.63) is 82.9 Å². The van der Waals surface area contributed by atoms with Crippen molar-refractivity contribution in [3.63, 3.8) is 0 Å². The van der Waals surface area contributed by atoms with Crippen molar-refractivity contribution in [3.8, 4) is 0 Å². The van der Waals surface area contributed by atoms with E-state index in [-0.39, 0.29) is 12.5 Å². The van der Waals surface area contributed by atoms with Gasteiger partial charge in [-0.2, -0.15) is 0 Å². The molecule has 0 aliphatic heterocycles. The fraction of sp³-hybridized carbons (Fsp3) is 0.615. The summed E-state index contributed by atoms with van der Waals surface area (Å²) in [5, 5.41) is 9.64. The van der Waals surface area contributed by atoms with Crippen LogP contribution < -0.4 is 0 Å². The number of aryl methyl sites for hydroxylation is 1.